The number of benzene rings is 5. The van der Waals surface area contributed by atoms with Crippen LogP contribution in [0.5, 0.6) is 0 Å². The highest BCUT2D eigenvalue weighted by Gasteiger charge is 2.20. The summed E-state index contributed by atoms with van der Waals surface area (Å²) in [7, 11) is 0. The second-order valence-electron chi connectivity index (χ2n) is 15.8. The van der Waals surface area contributed by atoms with Crippen LogP contribution in [0.25, 0.3) is 90.9 Å². The molecule has 10 rings (SSSR count). The summed E-state index contributed by atoms with van der Waals surface area (Å²) < 4.78 is 0. The Morgan fingerprint density at radius 1 is 0.462 bits per heavy atom. The van der Waals surface area contributed by atoms with Gasteiger partial charge in [0.25, 0.3) is 0 Å². The third-order valence-corrected chi connectivity index (χ3v) is 11.6. The first-order chi connectivity index (χ1) is 31.6. The van der Waals surface area contributed by atoms with E-state index < -0.39 is 11.9 Å². The van der Waals surface area contributed by atoms with Gasteiger partial charge in [-0.05, 0) is 143 Å². The average molecular weight is 853 g/mol. The predicted molar refractivity (Wildman–Crippen MR) is 262 cm³/mol. The summed E-state index contributed by atoms with van der Waals surface area (Å²) >= 11 is 0. The minimum Gasteiger partial charge on any atom is -0.478 e. The van der Waals surface area contributed by atoms with E-state index in [1.54, 1.807) is 0 Å². The lowest BCUT2D eigenvalue weighted by Gasteiger charge is -2.11. The van der Waals surface area contributed by atoms with Crippen LogP contribution in [0.1, 0.15) is 49.1 Å². The molecule has 0 radical (unpaired) electrons. The number of nitrogens with two attached hydrogens (primary N) is 3. The van der Waals surface area contributed by atoms with E-state index in [1.165, 1.54) is 18.2 Å². The Kier molecular flexibility index (Phi) is 10.00. The maximum atomic E-state index is 12.0. The largest absolute Gasteiger partial charge is 0.478 e. The third-order valence-electron chi connectivity index (χ3n) is 11.6. The van der Waals surface area contributed by atoms with E-state index in [0.29, 0.717) is 28.3 Å². The van der Waals surface area contributed by atoms with Crippen LogP contribution < -0.4 is 22.5 Å². The second kappa shape index (κ2) is 16.3. The number of nitrogens with zero attached hydrogens (tertiary/aromatic N) is 2. The number of carbonyl (C=O) groups is 2. The van der Waals surface area contributed by atoms with Gasteiger partial charge >= 0.3 is 11.9 Å². The lowest BCUT2D eigenvalue weighted by molar-refractivity contribution is 0.0680. The number of anilines is 4. The fourth-order valence-corrected chi connectivity index (χ4v) is 8.40. The van der Waals surface area contributed by atoms with Crippen LogP contribution in [0.2, 0.25) is 0 Å². The maximum absolute atomic E-state index is 12.0. The topological polar surface area (TPSA) is 222 Å². The number of nitrogen functional groups attached to an aromatic ring is 3. The number of H-pyrrole nitrogens is 2. The summed E-state index contributed by atoms with van der Waals surface area (Å²) in [6, 6.07) is 43.2. The van der Waals surface area contributed by atoms with Crippen LogP contribution in [0.15, 0.2) is 140 Å². The standard InChI is InChI=1S/C53H40N8O4/c54-35-10-1-29(2-11-35)48-40-19-21-42(58-40)49(30-3-12-36(55)13-4-30)44-23-25-46(60-44)51(32-7-16-38(17-8-32)57-28-34-27-33(52(62)63)9-18-39(34)53(64)65)47-26-24-45(61-47)50(43-22-20-41(48)59-43)31-5-14-37(56)15-6-31/h1-27,57-58,61H,28,54-56H2,(H,62,63)(H,64,65). The Bertz CT molecular complexity index is 3400. The molecule has 11 N–H and O–H groups in total. The molecule has 65 heavy (non-hydrogen) atoms. The van der Waals surface area contributed by atoms with Gasteiger partial charge < -0.3 is 42.7 Å². The molecule has 8 aromatic rings. The zero-order valence-electron chi connectivity index (χ0n) is 34.6. The van der Waals surface area contributed by atoms with Crippen LogP contribution >= 0.6 is 0 Å². The Morgan fingerprint density at radius 2 is 0.815 bits per heavy atom. The second-order valence-corrected chi connectivity index (χ2v) is 15.8. The highest BCUT2D eigenvalue weighted by atomic mass is 16.4. The van der Waals surface area contributed by atoms with Crippen molar-refractivity contribution in [2.45, 2.75) is 6.54 Å². The minimum absolute atomic E-state index is 0.00610. The summed E-state index contributed by atoms with van der Waals surface area (Å²) in [5, 5.41) is 22.6. The van der Waals surface area contributed by atoms with Crippen molar-refractivity contribution in [2.24, 2.45) is 0 Å². The van der Waals surface area contributed by atoms with E-state index in [1.807, 2.05) is 133 Å². The van der Waals surface area contributed by atoms with E-state index >= 15 is 0 Å². The molecule has 0 amide bonds. The van der Waals surface area contributed by atoms with Gasteiger partial charge in [0, 0.05) is 73.6 Å². The summed E-state index contributed by atoms with van der Waals surface area (Å²) in [4.78, 5) is 41.9. The van der Waals surface area contributed by atoms with Crippen LogP contribution in [0.3, 0.4) is 0 Å². The molecular weight excluding hydrogens is 813 g/mol. The van der Waals surface area contributed by atoms with Crippen molar-refractivity contribution in [3.05, 3.63) is 179 Å². The highest BCUT2D eigenvalue weighted by Crippen LogP contribution is 2.39. The number of hydrogen-bond donors (Lipinski definition) is 8. The van der Waals surface area contributed by atoms with Gasteiger partial charge in [-0.1, -0.05) is 48.5 Å². The van der Waals surface area contributed by atoms with Crippen molar-refractivity contribution in [1.82, 2.24) is 19.9 Å². The van der Waals surface area contributed by atoms with Crippen molar-refractivity contribution in [2.75, 3.05) is 22.5 Å². The first-order valence-corrected chi connectivity index (χ1v) is 20.7. The molecule has 2 aliphatic rings. The monoisotopic (exact) mass is 852 g/mol. The number of fused-ring (bicyclic) bond motifs is 8. The molecular formula is C53H40N8O4. The van der Waals surface area contributed by atoms with Gasteiger partial charge in [0.05, 0.1) is 33.9 Å². The highest BCUT2D eigenvalue weighted by molar-refractivity contribution is 6.00. The Balaban J connectivity index is 1.22. The van der Waals surface area contributed by atoms with Gasteiger partial charge in [-0.2, -0.15) is 0 Å². The van der Waals surface area contributed by atoms with Crippen LogP contribution in [0, 0.1) is 0 Å². The number of hydrogen-bond acceptors (Lipinski definition) is 8. The molecule has 3 aromatic heterocycles. The van der Waals surface area contributed by atoms with Crippen molar-refractivity contribution >= 4 is 81.1 Å². The quantitative estimate of drug-likeness (QED) is 0.0642. The van der Waals surface area contributed by atoms with Gasteiger partial charge in [0.1, 0.15) is 0 Å². The number of nitrogens with one attached hydrogen (secondary N) is 3. The molecule has 5 heterocycles. The van der Waals surface area contributed by atoms with Crippen LogP contribution in [0.4, 0.5) is 22.7 Å². The number of aromatic carboxylic acids is 2. The SMILES string of the molecule is Nc1ccc(-c2c3nc(c(-c4ccc(N)cc4)c4ccc([nH]4)c(-c4ccc(NCc5cc(C(=O)O)ccc5C(=O)O)cc4)c4nc(c(-c5ccc(N)cc5)c5ccc2[nH]5)C=C4)C=C3)cc1. The molecule has 0 saturated carbocycles. The molecule has 0 saturated heterocycles. The Hall–Kier alpha value is -9.16. The van der Waals surface area contributed by atoms with Gasteiger partial charge in [-0.15, -0.1) is 0 Å². The normalized spacial score (nSPS) is 11.8. The van der Waals surface area contributed by atoms with Gasteiger partial charge in [0.15, 0.2) is 0 Å². The summed E-state index contributed by atoms with van der Waals surface area (Å²) in [6.45, 7) is 0.0943. The zero-order chi connectivity index (χ0) is 44.8. The summed E-state index contributed by atoms with van der Waals surface area (Å²) in [6.07, 6.45) is 8.10. The van der Waals surface area contributed by atoms with E-state index in [0.717, 1.165) is 89.4 Å². The smallest absolute Gasteiger partial charge is 0.336 e. The number of aromatic amines is 2. The average Bonchev–Trinajstić information content (AvgIpc) is 4.16. The minimum atomic E-state index is -1.14. The van der Waals surface area contributed by atoms with E-state index in [2.05, 4.69) is 27.4 Å². The fraction of sp³-hybridized carbons (Fsp3) is 0.0189. The Morgan fingerprint density at radius 3 is 1.15 bits per heavy atom. The lowest BCUT2D eigenvalue weighted by Crippen LogP contribution is -2.09. The molecule has 12 nitrogen and oxygen atoms in total. The van der Waals surface area contributed by atoms with E-state index in [4.69, 9.17) is 27.2 Å². The molecule has 0 spiro atoms. The molecule has 0 unspecified atom stereocenters. The maximum Gasteiger partial charge on any atom is 0.336 e. The number of carboxylic acids is 2. The molecule has 2 aliphatic heterocycles. The first-order valence-electron chi connectivity index (χ1n) is 20.7. The van der Waals surface area contributed by atoms with Crippen LogP contribution in [-0.4, -0.2) is 42.1 Å². The van der Waals surface area contributed by atoms with Crippen LogP contribution in [-0.2, 0) is 6.54 Å². The van der Waals surface area contributed by atoms with Crippen molar-refractivity contribution in [3.63, 3.8) is 0 Å². The lowest BCUT2D eigenvalue weighted by atomic mass is 10.0. The first kappa shape index (κ1) is 39.9. The molecule has 0 atom stereocenters. The summed E-state index contributed by atoms with van der Waals surface area (Å²) in [5.41, 5.74) is 35.0. The van der Waals surface area contributed by atoms with Crippen molar-refractivity contribution in [3.8, 4) is 44.5 Å². The van der Waals surface area contributed by atoms with Gasteiger partial charge in [-0.25, -0.2) is 19.6 Å². The van der Waals surface area contributed by atoms with Crippen molar-refractivity contribution < 1.29 is 19.8 Å². The predicted octanol–water partition coefficient (Wildman–Crippen LogP) is 11.1. The number of rotatable bonds is 9. The molecule has 12 heteroatoms. The van der Waals surface area contributed by atoms with Gasteiger partial charge in [0.2, 0.25) is 0 Å². The third kappa shape index (κ3) is 7.72. The van der Waals surface area contributed by atoms with Gasteiger partial charge in [-0.3, -0.25) is 0 Å². The zero-order valence-corrected chi connectivity index (χ0v) is 34.6. The molecule has 5 aromatic carbocycles. The molecule has 0 aliphatic carbocycles. The number of carboxylic acid groups (broad SMARTS) is 2. The van der Waals surface area contributed by atoms with E-state index in [9.17, 15) is 19.8 Å². The molecule has 8 bridgehead atoms. The van der Waals surface area contributed by atoms with Crippen molar-refractivity contribution in [1.29, 1.82) is 0 Å². The Labute approximate surface area is 372 Å². The molecule has 0 fully saturated rings. The van der Waals surface area contributed by atoms with E-state index in [-0.39, 0.29) is 17.7 Å². The fourth-order valence-electron chi connectivity index (χ4n) is 8.40. The number of aromatic nitrogens is 4. The summed E-state index contributed by atoms with van der Waals surface area (Å²) in [5.74, 6) is -2.28. The molecule has 316 valence electrons.